The summed E-state index contributed by atoms with van der Waals surface area (Å²) < 4.78 is 0. The van der Waals surface area contributed by atoms with Crippen LogP contribution in [0.2, 0.25) is 0 Å². The van der Waals surface area contributed by atoms with Crippen LogP contribution in [0.15, 0.2) is 36.9 Å². The minimum atomic E-state index is -0.418. The summed E-state index contributed by atoms with van der Waals surface area (Å²) in [5.41, 5.74) is 6.90. The van der Waals surface area contributed by atoms with E-state index in [1.165, 1.54) is 12.1 Å². The van der Waals surface area contributed by atoms with E-state index >= 15 is 0 Å². The molecule has 0 saturated heterocycles. The highest BCUT2D eigenvalue weighted by molar-refractivity contribution is 5.34. The van der Waals surface area contributed by atoms with Gasteiger partial charge in [0.1, 0.15) is 0 Å². The molecule has 0 saturated carbocycles. The average molecular weight is 206 g/mol. The number of hydrogen-bond acceptors (Lipinski definition) is 3. The summed E-state index contributed by atoms with van der Waals surface area (Å²) in [5, 5.41) is 10.4. The lowest BCUT2D eigenvalue weighted by atomic mass is 10.0. The normalized spacial score (nSPS) is 12.1. The molecule has 15 heavy (non-hydrogen) atoms. The van der Waals surface area contributed by atoms with E-state index in [0.29, 0.717) is 0 Å². The molecule has 0 radical (unpaired) electrons. The Hall–Kier alpha value is -1.68. The molecule has 0 aliphatic heterocycles. The minimum absolute atomic E-state index is 0.0798. The second kappa shape index (κ2) is 5.26. The number of nitrogens with zero attached hydrogens (tertiary/aromatic N) is 1. The molecule has 1 aromatic carbocycles. The molecule has 0 aromatic heterocycles. The largest absolute Gasteiger partial charge is 0.324 e. The van der Waals surface area contributed by atoms with E-state index in [0.717, 1.165) is 18.4 Å². The van der Waals surface area contributed by atoms with Crippen LogP contribution in [0.4, 0.5) is 5.69 Å². The van der Waals surface area contributed by atoms with Crippen molar-refractivity contribution in [3.8, 4) is 0 Å². The summed E-state index contributed by atoms with van der Waals surface area (Å²) in [6.45, 7) is 3.62. The van der Waals surface area contributed by atoms with E-state index in [2.05, 4.69) is 6.58 Å². The highest BCUT2D eigenvalue weighted by atomic mass is 16.6. The Labute approximate surface area is 88.6 Å². The quantitative estimate of drug-likeness (QED) is 0.457. The molecule has 0 amide bonds. The fourth-order valence-corrected chi connectivity index (χ4v) is 1.31. The Balaban J connectivity index is 2.70. The Morgan fingerprint density at radius 3 is 2.53 bits per heavy atom. The van der Waals surface area contributed by atoms with E-state index in [1.807, 2.05) is 6.08 Å². The lowest BCUT2D eigenvalue weighted by molar-refractivity contribution is -0.384. The van der Waals surface area contributed by atoms with Crippen LogP contribution in [0.3, 0.4) is 0 Å². The van der Waals surface area contributed by atoms with Crippen LogP contribution in [0.25, 0.3) is 0 Å². The molecule has 80 valence electrons. The van der Waals surface area contributed by atoms with Gasteiger partial charge in [-0.2, -0.15) is 0 Å². The van der Waals surface area contributed by atoms with Gasteiger partial charge in [0, 0.05) is 18.2 Å². The van der Waals surface area contributed by atoms with Crippen molar-refractivity contribution in [3.63, 3.8) is 0 Å². The SMILES string of the molecule is C=CCC[C@H](N)c1ccc([N+](=O)[O-])cc1. The summed E-state index contributed by atoms with van der Waals surface area (Å²) in [6.07, 6.45) is 3.46. The van der Waals surface area contributed by atoms with Gasteiger partial charge in [-0.3, -0.25) is 10.1 Å². The van der Waals surface area contributed by atoms with E-state index in [1.54, 1.807) is 12.1 Å². The topological polar surface area (TPSA) is 69.2 Å². The molecule has 0 bridgehead atoms. The first-order chi connectivity index (χ1) is 7.15. The summed E-state index contributed by atoms with van der Waals surface area (Å²) >= 11 is 0. The molecule has 4 heteroatoms. The van der Waals surface area contributed by atoms with Crippen molar-refractivity contribution in [2.24, 2.45) is 5.73 Å². The predicted octanol–water partition coefficient (Wildman–Crippen LogP) is 2.56. The summed E-state index contributed by atoms with van der Waals surface area (Å²) in [4.78, 5) is 10.00. The third kappa shape index (κ3) is 3.18. The maximum absolute atomic E-state index is 10.4. The molecule has 2 N–H and O–H groups in total. The van der Waals surface area contributed by atoms with Crippen molar-refractivity contribution in [3.05, 3.63) is 52.6 Å². The Kier molecular flexibility index (Phi) is 4.00. The smallest absolute Gasteiger partial charge is 0.269 e. The van der Waals surface area contributed by atoms with Crippen molar-refractivity contribution in [2.75, 3.05) is 0 Å². The average Bonchev–Trinajstić information content (AvgIpc) is 2.26. The van der Waals surface area contributed by atoms with Gasteiger partial charge in [-0.25, -0.2) is 0 Å². The van der Waals surface area contributed by atoms with Crippen LogP contribution in [-0.4, -0.2) is 4.92 Å². The third-order valence-electron chi connectivity index (χ3n) is 2.21. The minimum Gasteiger partial charge on any atom is -0.324 e. The Bertz CT molecular complexity index is 346. The van der Waals surface area contributed by atoms with E-state index in [9.17, 15) is 10.1 Å². The molecule has 0 heterocycles. The van der Waals surface area contributed by atoms with Gasteiger partial charge in [-0.1, -0.05) is 18.2 Å². The fraction of sp³-hybridized carbons (Fsp3) is 0.273. The summed E-state index contributed by atoms with van der Waals surface area (Å²) in [7, 11) is 0. The molecular weight excluding hydrogens is 192 g/mol. The molecule has 0 unspecified atom stereocenters. The molecule has 1 rings (SSSR count). The summed E-state index contributed by atoms with van der Waals surface area (Å²) in [5.74, 6) is 0. The zero-order valence-electron chi connectivity index (χ0n) is 8.43. The zero-order valence-corrected chi connectivity index (χ0v) is 8.43. The molecule has 1 atom stereocenters. The van der Waals surface area contributed by atoms with E-state index in [4.69, 9.17) is 5.73 Å². The summed E-state index contributed by atoms with van der Waals surface area (Å²) in [6, 6.07) is 6.27. The van der Waals surface area contributed by atoms with Crippen LogP contribution in [0.1, 0.15) is 24.4 Å². The lowest BCUT2D eigenvalue weighted by Gasteiger charge is -2.09. The predicted molar refractivity (Wildman–Crippen MR) is 59.5 cm³/mol. The number of allylic oxidation sites excluding steroid dienone is 1. The molecule has 0 spiro atoms. The van der Waals surface area contributed by atoms with Gasteiger partial charge < -0.3 is 5.73 Å². The van der Waals surface area contributed by atoms with Crippen LogP contribution in [0, 0.1) is 10.1 Å². The number of hydrogen-bond donors (Lipinski definition) is 1. The number of benzene rings is 1. The van der Waals surface area contributed by atoms with Gasteiger partial charge >= 0.3 is 0 Å². The number of nitrogens with two attached hydrogens (primary N) is 1. The molecule has 0 fully saturated rings. The van der Waals surface area contributed by atoms with Crippen LogP contribution in [-0.2, 0) is 0 Å². The van der Waals surface area contributed by atoms with Crippen molar-refractivity contribution >= 4 is 5.69 Å². The highest BCUT2D eigenvalue weighted by Crippen LogP contribution is 2.19. The van der Waals surface area contributed by atoms with Crippen molar-refractivity contribution in [1.29, 1.82) is 0 Å². The van der Waals surface area contributed by atoms with Gasteiger partial charge in [0.25, 0.3) is 5.69 Å². The van der Waals surface area contributed by atoms with Crippen LogP contribution in [0.5, 0.6) is 0 Å². The maximum atomic E-state index is 10.4. The van der Waals surface area contributed by atoms with Crippen LogP contribution >= 0.6 is 0 Å². The molecular formula is C11H14N2O2. The third-order valence-corrected chi connectivity index (χ3v) is 2.21. The highest BCUT2D eigenvalue weighted by Gasteiger charge is 2.08. The number of nitro benzene ring substituents is 1. The first kappa shape index (κ1) is 11.4. The monoisotopic (exact) mass is 206 g/mol. The van der Waals surface area contributed by atoms with Gasteiger partial charge in [0.2, 0.25) is 0 Å². The van der Waals surface area contributed by atoms with E-state index < -0.39 is 4.92 Å². The van der Waals surface area contributed by atoms with Gasteiger partial charge in [0.05, 0.1) is 4.92 Å². The van der Waals surface area contributed by atoms with Crippen LogP contribution < -0.4 is 5.73 Å². The fourth-order valence-electron chi connectivity index (χ4n) is 1.31. The Morgan fingerprint density at radius 1 is 1.47 bits per heavy atom. The second-order valence-electron chi connectivity index (χ2n) is 3.32. The first-order valence-corrected chi connectivity index (χ1v) is 4.76. The van der Waals surface area contributed by atoms with Crippen molar-refractivity contribution in [1.82, 2.24) is 0 Å². The van der Waals surface area contributed by atoms with E-state index in [-0.39, 0.29) is 11.7 Å². The van der Waals surface area contributed by atoms with Crippen molar-refractivity contribution < 1.29 is 4.92 Å². The van der Waals surface area contributed by atoms with Crippen molar-refractivity contribution in [2.45, 2.75) is 18.9 Å². The van der Waals surface area contributed by atoms with Gasteiger partial charge in [-0.05, 0) is 18.4 Å². The number of rotatable bonds is 5. The maximum Gasteiger partial charge on any atom is 0.269 e. The Morgan fingerprint density at radius 2 is 2.07 bits per heavy atom. The molecule has 0 aliphatic carbocycles. The zero-order chi connectivity index (χ0) is 11.3. The number of non-ortho nitro benzene ring substituents is 1. The first-order valence-electron chi connectivity index (χ1n) is 4.76. The number of nitro groups is 1. The molecule has 1 aromatic rings. The standard InChI is InChI=1S/C11H14N2O2/c1-2-3-4-11(12)9-5-7-10(8-6-9)13(14)15/h2,5-8,11H,1,3-4,12H2/t11-/m0/s1. The van der Waals surface area contributed by atoms with Gasteiger partial charge in [0.15, 0.2) is 0 Å². The lowest BCUT2D eigenvalue weighted by Crippen LogP contribution is -2.09. The molecule has 0 aliphatic rings. The van der Waals surface area contributed by atoms with Gasteiger partial charge in [-0.15, -0.1) is 6.58 Å². The molecule has 4 nitrogen and oxygen atoms in total. The second-order valence-corrected chi connectivity index (χ2v) is 3.32.